The number of aliphatic imine (C=N–C) groups is 1. The molecule has 0 bridgehead atoms. The van der Waals surface area contributed by atoms with Crippen LogP contribution < -0.4 is 10.6 Å². The minimum absolute atomic E-state index is 0. The van der Waals surface area contributed by atoms with E-state index in [9.17, 15) is 0 Å². The number of hydrogen-bond donors (Lipinski definition) is 2. The molecule has 4 nitrogen and oxygen atoms in total. The molecule has 23 heavy (non-hydrogen) atoms. The second-order valence-electron chi connectivity index (χ2n) is 5.51. The Balaban J connectivity index is 0.00000264. The van der Waals surface area contributed by atoms with Crippen LogP contribution in [-0.2, 0) is 10.2 Å². The highest BCUT2D eigenvalue weighted by atomic mass is 127. The topological polar surface area (TPSA) is 45.7 Å². The van der Waals surface area contributed by atoms with Gasteiger partial charge in [-0.15, -0.1) is 30.4 Å². The van der Waals surface area contributed by atoms with Crippen LogP contribution in [0.3, 0.4) is 0 Å². The van der Waals surface area contributed by atoms with Crippen LogP contribution in [-0.4, -0.2) is 38.8 Å². The van der Waals surface area contributed by atoms with Crippen molar-refractivity contribution in [2.45, 2.75) is 25.2 Å². The molecule has 1 saturated heterocycles. The zero-order chi connectivity index (χ0) is 15.7. The van der Waals surface area contributed by atoms with Gasteiger partial charge in [-0.1, -0.05) is 36.3 Å². The van der Waals surface area contributed by atoms with E-state index in [1.165, 1.54) is 5.56 Å². The number of nitrogens with one attached hydrogen (secondary N) is 2. The van der Waals surface area contributed by atoms with E-state index >= 15 is 0 Å². The fraction of sp³-hybridized carbons (Fsp3) is 0.500. The summed E-state index contributed by atoms with van der Waals surface area (Å²) >= 11 is 0. The van der Waals surface area contributed by atoms with E-state index in [2.05, 4.69) is 53.8 Å². The lowest BCUT2D eigenvalue weighted by Crippen LogP contribution is -2.41. The highest BCUT2D eigenvalue weighted by Crippen LogP contribution is 2.35. The smallest absolute Gasteiger partial charge is 0.192 e. The van der Waals surface area contributed by atoms with E-state index < -0.39 is 0 Å². The largest absolute Gasteiger partial charge is 0.381 e. The standard InChI is InChI=1S/C18H25N3O.HI/c1-3-12-20-17(19-4-2)21-15-18(10-13-22-14-11-18)16-8-6-5-7-9-16;/h1,5-9H,4,10-15H2,2H3,(H2,19,20,21);1H. The molecule has 5 heteroatoms. The van der Waals surface area contributed by atoms with Gasteiger partial charge in [-0.2, -0.15) is 0 Å². The lowest BCUT2D eigenvalue weighted by atomic mass is 9.74. The van der Waals surface area contributed by atoms with Crippen molar-refractivity contribution < 1.29 is 4.74 Å². The van der Waals surface area contributed by atoms with E-state index in [-0.39, 0.29) is 29.4 Å². The van der Waals surface area contributed by atoms with Gasteiger partial charge in [0, 0.05) is 25.2 Å². The molecule has 2 rings (SSSR count). The molecular weight excluding hydrogens is 401 g/mol. The predicted octanol–water partition coefficient (Wildman–Crippen LogP) is 2.54. The molecular formula is C18H26IN3O. The molecule has 0 radical (unpaired) electrons. The van der Waals surface area contributed by atoms with Crippen LogP contribution in [0, 0.1) is 12.3 Å². The fourth-order valence-corrected chi connectivity index (χ4v) is 2.80. The van der Waals surface area contributed by atoms with Crippen LogP contribution in [0.2, 0.25) is 0 Å². The van der Waals surface area contributed by atoms with Crippen LogP contribution in [0.15, 0.2) is 35.3 Å². The molecule has 0 spiro atoms. The van der Waals surface area contributed by atoms with E-state index in [0.29, 0.717) is 6.54 Å². The molecule has 2 N–H and O–H groups in total. The van der Waals surface area contributed by atoms with Gasteiger partial charge in [0.25, 0.3) is 0 Å². The minimum atomic E-state index is 0. The maximum absolute atomic E-state index is 5.56. The Bertz CT molecular complexity index is 519. The first-order valence-electron chi connectivity index (χ1n) is 7.89. The zero-order valence-corrected chi connectivity index (χ0v) is 16.0. The van der Waals surface area contributed by atoms with Crippen molar-refractivity contribution in [2.75, 3.05) is 32.8 Å². The third kappa shape index (κ3) is 5.70. The quantitative estimate of drug-likeness (QED) is 0.329. The summed E-state index contributed by atoms with van der Waals surface area (Å²) in [5, 5.41) is 6.39. The van der Waals surface area contributed by atoms with Gasteiger partial charge >= 0.3 is 0 Å². The second-order valence-corrected chi connectivity index (χ2v) is 5.51. The van der Waals surface area contributed by atoms with Crippen molar-refractivity contribution in [3.05, 3.63) is 35.9 Å². The Morgan fingerprint density at radius 1 is 1.26 bits per heavy atom. The van der Waals surface area contributed by atoms with Gasteiger partial charge in [0.1, 0.15) is 0 Å². The van der Waals surface area contributed by atoms with Crippen LogP contribution >= 0.6 is 24.0 Å². The maximum atomic E-state index is 5.56. The SMILES string of the molecule is C#CCNC(=NCC1(c2ccccc2)CCOCC1)NCC.I. The lowest BCUT2D eigenvalue weighted by molar-refractivity contribution is 0.0531. The van der Waals surface area contributed by atoms with Crippen LogP contribution in [0.5, 0.6) is 0 Å². The van der Waals surface area contributed by atoms with Crippen molar-refractivity contribution in [1.29, 1.82) is 0 Å². The summed E-state index contributed by atoms with van der Waals surface area (Å²) in [6, 6.07) is 10.6. The summed E-state index contributed by atoms with van der Waals surface area (Å²) in [5.74, 6) is 3.36. The molecule has 0 atom stereocenters. The average Bonchev–Trinajstić information content (AvgIpc) is 2.59. The van der Waals surface area contributed by atoms with Crippen molar-refractivity contribution in [3.63, 3.8) is 0 Å². The Labute approximate surface area is 156 Å². The van der Waals surface area contributed by atoms with Gasteiger partial charge in [-0.3, -0.25) is 4.99 Å². The number of guanidine groups is 1. The van der Waals surface area contributed by atoms with Crippen molar-refractivity contribution in [3.8, 4) is 12.3 Å². The summed E-state index contributed by atoms with van der Waals surface area (Å²) in [6.07, 6.45) is 7.31. The van der Waals surface area contributed by atoms with Crippen LogP contribution in [0.25, 0.3) is 0 Å². The molecule has 1 aliphatic heterocycles. The normalized spacial score (nSPS) is 16.8. The molecule has 1 aliphatic rings. The third-order valence-corrected chi connectivity index (χ3v) is 4.08. The first-order valence-corrected chi connectivity index (χ1v) is 7.89. The second kappa shape index (κ2) is 10.5. The summed E-state index contributed by atoms with van der Waals surface area (Å²) in [7, 11) is 0. The molecule has 1 aromatic rings. The van der Waals surface area contributed by atoms with E-state index in [1.807, 2.05) is 0 Å². The number of nitrogens with zero attached hydrogens (tertiary/aromatic N) is 1. The molecule has 0 amide bonds. The highest BCUT2D eigenvalue weighted by Gasteiger charge is 2.34. The van der Waals surface area contributed by atoms with Gasteiger partial charge in [0.05, 0.1) is 13.1 Å². The molecule has 126 valence electrons. The van der Waals surface area contributed by atoms with Crippen molar-refractivity contribution >= 4 is 29.9 Å². The van der Waals surface area contributed by atoms with E-state index in [4.69, 9.17) is 16.2 Å². The molecule has 1 fully saturated rings. The number of halogens is 1. The number of terminal acetylenes is 1. The molecule has 0 aliphatic carbocycles. The van der Waals surface area contributed by atoms with Crippen LogP contribution in [0.1, 0.15) is 25.3 Å². The zero-order valence-electron chi connectivity index (χ0n) is 13.7. The third-order valence-electron chi connectivity index (χ3n) is 4.08. The molecule has 1 heterocycles. The number of benzene rings is 1. The average molecular weight is 427 g/mol. The van der Waals surface area contributed by atoms with Crippen molar-refractivity contribution in [2.24, 2.45) is 4.99 Å². The van der Waals surface area contributed by atoms with Gasteiger partial charge in [-0.05, 0) is 25.3 Å². The Kier molecular flexibility index (Phi) is 9.03. The van der Waals surface area contributed by atoms with Gasteiger partial charge in [0.2, 0.25) is 0 Å². The number of rotatable bonds is 5. The first kappa shape index (κ1) is 19.8. The predicted molar refractivity (Wildman–Crippen MR) is 106 cm³/mol. The number of hydrogen-bond acceptors (Lipinski definition) is 2. The van der Waals surface area contributed by atoms with E-state index in [1.54, 1.807) is 0 Å². The first-order chi connectivity index (χ1) is 10.8. The number of ether oxygens (including phenoxy) is 1. The fourth-order valence-electron chi connectivity index (χ4n) is 2.80. The Hall–Kier alpha value is -1.26. The minimum Gasteiger partial charge on any atom is -0.381 e. The highest BCUT2D eigenvalue weighted by molar-refractivity contribution is 14.0. The van der Waals surface area contributed by atoms with Gasteiger partial charge < -0.3 is 15.4 Å². The Morgan fingerprint density at radius 3 is 2.57 bits per heavy atom. The lowest BCUT2D eigenvalue weighted by Gasteiger charge is -2.36. The summed E-state index contributed by atoms with van der Waals surface area (Å²) in [4.78, 5) is 4.77. The maximum Gasteiger partial charge on any atom is 0.192 e. The monoisotopic (exact) mass is 427 g/mol. The van der Waals surface area contributed by atoms with Gasteiger partial charge in [-0.25, -0.2) is 0 Å². The van der Waals surface area contributed by atoms with Crippen molar-refractivity contribution in [1.82, 2.24) is 10.6 Å². The Morgan fingerprint density at radius 2 is 1.96 bits per heavy atom. The molecule has 0 saturated carbocycles. The molecule has 1 aromatic carbocycles. The summed E-state index contributed by atoms with van der Waals surface area (Å²) in [6.45, 7) is 5.66. The molecule has 0 aromatic heterocycles. The summed E-state index contributed by atoms with van der Waals surface area (Å²) < 4.78 is 5.56. The van der Waals surface area contributed by atoms with E-state index in [0.717, 1.165) is 45.1 Å². The molecule has 0 unspecified atom stereocenters. The summed E-state index contributed by atoms with van der Waals surface area (Å²) in [5.41, 5.74) is 1.40. The van der Waals surface area contributed by atoms with Gasteiger partial charge in [0.15, 0.2) is 5.96 Å². The van der Waals surface area contributed by atoms with Crippen LogP contribution in [0.4, 0.5) is 0 Å².